The Balaban J connectivity index is 2.83. The van der Waals surface area contributed by atoms with Crippen LogP contribution in [0.3, 0.4) is 0 Å². The monoisotopic (exact) mass is 131 g/mol. The van der Waals surface area contributed by atoms with Gasteiger partial charge < -0.3 is 0 Å². The number of halogens is 1. The van der Waals surface area contributed by atoms with E-state index in [0.29, 0.717) is 0 Å². The molecular formula is C2BrSi. The van der Waals surface area contributed by atoms with Crippen LogP contribution in [0.15, 0.2) is 0 Å². The van der Waals surface area contributed by atoms with Gasteiger partial charge in [-0.05, 0) is 4.83 Å². The van der Waals surface area contributed by atoms with Crippen molar-refractivity contribution < 1.29 is 0 Å². The minimum absolute atomic E-state index is 2.40. The fourth-order valence-corrected chi connectivity index (χ4v) is 0. The van der Waals surface area contributed by atoms with Crippen molar-refractivity contribution in [2.45, 2.75) is 0 Å². The predicted octanol–water partition coefficient (Wildman–Crippen LogP) is 0.468. The van der Waals surface area contributed by atoms with Crippen molar-refractivity contribution in [3.05, 3.63) is 0 Å². The molecule has 0 spiro atoms. The molecule has 0 aromatic rings. The highest BCUT2D eigenvalue weighted by Gasteiger charge is 1.31. The maximum atomic E-state index is 2.88. The van der Waals surface area contributed by atoms with Crippen LogP contribution in [-0.2, 0) is 0 Å². The summed E-state index contributed by atoms with van der Waals surface area (Å²) in [7, 11) is 2.88. The Labute approximate surface area is 37.1 Å². The normalized spacial score (nSPS) is 3.50. The molecule has 0 aliphatic rings. The zero-order chi connectivity index (χ0) is 3.41. The summed E-state index contributed by atoms with van der Waals surface area (Å²) in [6.07, 6.45) is 0. The lowest BCUT2D eigenvalue weighted by atomic mass is 11.4. The zero-order valence-corrected chi connectivity index (χ0v) is 4.46. The lowest BCUT2D eigenvalue weighted by Crippen LogP contribution is -1.37. The zero-order valence-electron chi connectivity index (χ0n) is 1.88. The molecule has 19 valence electrons. The first kappa shape index (κ1) is 4.26. The Morgan fingerprint density at radius 3 is 2.00 bits per heavy atom. The van der Waals surface area contributed by atoms with Gasteiger partial charge in [-0.2, -0.15) is 0 Å². The Kier molecular flexibility index (Phi) is 3.47. The van der Waals surface area contributed by atoms with E-state index in [4.69, 9.17) is 0 Å². The van der Waals surface area contributed by atoms with Crippen LogP contribution in [0.25, 0.3) is 0 Å². The molecule has 4 heavy (non-hydrogen) atoms. The first-order chi connectivity index (χ1) is 1.91. The van der Waals surface area contributed by atoms with Gasteiger partial charge in [0.05, 0.1) is 0 Å². The van der Waals surface area contributed by atoms with E-state index in [1.54, 1.807) is 0 Å². The van der Waals surface area contributed by atoms with Gasteiger partial charge in [0, 0.05) is 15.9 Å². The third-order valence-corrected chi connectivity index (χ3v) is 0.736. The molecule has 0 aromatic carbocycles. The summed E-state index contributed by atoms with van der Waals surface area (Å²) < 4.78 is 0. The van der Waals surface area contributed by atoms with Crippen LogP contribution < -0.4 is 0 Å². The molecule has 0 bridgehead atoms. The van der Waals surface area contributed by atoms with Gasteiger partial charge >= 0.3 is 0 Å². The molecule has 0 fully saturated rings. The highest BCUT2D eigenvalue weighted by molar-refractivity contribution is 9.12. The summed E-state index contributed by atoms with van der Waals surface area (Å²) in [6.45, 7) is 0. The van der Waals surface area contributed by atoms with Gasteiger partial charge in [-0.15, -0.1) is 5.54 Å². The fourth-order valence-electron chi connectivity index (χ4n) is 0. The summed E-state index contributed by atoms with van der Waals surface area (Å²) in [4.78, 5) is 2.41. The Hall–Kier alpha value is 0.257. The van der Waals surface area contributed by atoms with Crippen molar-refractivity contribution in [2.24, 2.45) is 0 Å². The van der Waals surface area contributed by atoms with E-state index < -0.39 is 0 Å². The van der Waals surface area contributed by atoms with Gasteiger partial charge in [0.2, 0.25) is 0 Å². The second-order valence-electron chi connectivity index (χ2n) is 0.219. The maximum Gasteiger partial charge on any atom is 0.148 e. The van der Waals surface area contributed by atoms with Crippen molar-refractivity contribution >= 4 is 26.2 Å². The minimum atomic E-state index is 2.40. The molecular weight excluding hydrogens is 132 g/mol. The van der Waals surface area contributed by atoms with E-state index in [9.17, 15) is 0 Å². The number of hydrogen-bond donors (Lipinski definition) is 0. The molecule has 0 heterocycles. The van der Waals surface area contributed by atoms with Gasteiger partial charge in [0.25, 0.3) is 0 Å². The molecule has 0 nitrogen and oxygen atoms in total. The van der Waals surface area contributed by atoms with E-state index in [2.05, 4.69) is 36.5 Å². The van der Waals surface area contributed by atoms with Crippen LogP contribution in [0.2, 0.25) is 0 Å². The first-order valence-electron chi connectivity index (χ1n) is 0.689. The van der Waals surface area contributed by atoms with Gasteiger partial charge in [0.1, 0.15) is 10.2 Å². The lowest BCUT2D eigenvalue weighted by Gasteiger charge is -1.35. The summed E-state index contributed by atoms with van der Waals surface area (Å²) >= 11 is 2.84. The SMILES string of the molecule is [Si]C#CBr. The largest absolute Gasteiger partial charge is 0.148 e. The average molecular weight is 132 g/mol. The maximum absolute atomic E-state index is 2.88. The van der Waals surface area contributed by atoms with E-state index in [1.807, 2.05) is 0 Å². The molecule has 3 radical (unpaired) electrons. The van der Waals surface area contributed by atoms with Crippen molar-refractivity contribution in [1.29, 1.82) is 0 Å². The molecule has 0 unspecified atom stereocenters. The van der Waals surface area contributed by atoms with E-state index in [-0.39, 0.29) is 0 Å². The van der Waals surface area contributed by atoms with Crippen molar-refractivity contribution in [1.82, 2.24) is 0 Å². The Morgan fingerprint density at radius 1 is 1.75 bits per heavy atom. The summed E-state index contributed by atoms with van der Waals surface area (Å²) in [5.74, 6) is 0. The van der Waals surface area contributed by atoms with Crippen molar-refractivity contribution in [3.8, 4) is 10.4 Å². The molecule has 0 saturated heterocycles. The summed E-state index contributed by atoms with van der Waals surface area (Å²) in [6, 6.07) is 0. The summed E-state index contributed by atoms with van der Waals surface area (Å²) in [5.41, 5.74) is 2.40. The van der Waals surface area contributed by atoms with Crippen LogP contribution in [-0.4, -0.2) is 10.2 Å². The second kappa shape index (κ2) is 3.26. The minimum Gasteiger partial charge on any atom is -0.126 e. The molecule has 0 N–H and O–H groups in total. The van der Waals surface area contributed by atoms with E-state index in [0.717, 1.165) is 0 Å². The highest BCUT2D eigenvalue weighted by atomic mass is 79.9. The van der Waals surface area contributed by atoms with Gasteiger partial charge in [0.15, 0.2) is 0 Å². The molecule has 0 rings (SSSR count). The standard InChI is InChI=1S/C2BrSi/c3-1-2-4. The van der Waals surface area contributed by atoms with Crippen LogP contribution in [0.1, 0.15) is 0 Å². The van der Waals surface area contributed by atoms with Gasteiger partial charge in [-0.25, -0.2) is 0 Å². The smallest absolute Gasteiger partial charge is 0.126 e. The predicted molar refractivity (Wildman–Crippen MR) is 22.5 cm³/mol. The van der Waals surface area contributed by atoms with Crippen LogP contribution in [0.5, 0.6) is 0 Å². The highest BCUT2D eigenvalue weighted by Crippen LogP contribution is 1.61. The molecule has 0 amide bonds. The molecule has 0 saturated carbocycles. The summed E-state index contributed by atoms with van der Waals surface area (Å²) in [5, 5.41) is 0. The first-order valence-corrected chi connectivity index (χ1v) is 1.98. The topological polar surface area (TPSA) is 0 Å². The van der Waals surface area contributed by atoms with Crippen LogP contribution in [0, 0.1) is 10.4 Å². The van der Waals surface area contributed by atoms with Crippen molar-refractivity contribution in [2.75, 3.05) is 0 Å². The molecule has 0 aliphatic carbocycles. The Morgan fingerprint density at radius 2 is 2.00 bits per heavy atom. The fraction of sp³-hybridized carbons (Fsp3) is 0. The third-order valence-electron chi connectivity index (χ3n) is 0.0472. The lowest BCUT2D eigenvalue weighted by molar-refractivity contribution is 3.03. The average Bonchev–Trinajstić information content (AvgIpc) is 1.37. The third kappa shape index (κ3) is 2.26. The number of hydrogen-bond acceptors (Lipinski definition) is 0. The molecule has 0 atom stereocenters. The molecule has 2 heteroatoms. The van der Waals surface area contributed by atoms with Crippen LogP contribution >= 0.6 is 15.9 Å². The molecule has 0 aromatic heterocycles. The molecule has 0 aliphatic heterocycles. The van der Waals surface area contributed by atoms with E-state index in [1.165, 1.54) is 0 Å². The number of rotatable bonds is 0. The van der Waals surface area contributed by atoms with Gasteiger partial charge in [-0.3, -0.25) is 0 Å². The Bertz CT molecular complexity index is 42.8. The van der Waals surface area contributed by atoms with Crippen molar-refractivity contribution in [3.63, 3.8) is 0 Å². The quantitative estimate of drug-likeness (QED) is 0.332. The van der Waals surface area contributed by atoms with Gasteiger partial charge in [-0.1, -0.05) is 0 Å². The second-order valence-corrected chi connectivity index (χ2v) is 0.866. The van der Waals surface area contributed by atoms with E-state index >= 15 is 0 Å². The van der Waals surface area contributed by atoms with Crippen LogP contribution in [0.4, 0.5) is 0 Å².